The van der Waals surface area contributed by atoms with Crippen LogP contribution < -0.4 is 0 Å². The van der Waals surface area contributed by atoms with Gasteiger partial charge in [0, 0.05) is 0 Å². The van der Waals surface area contributed by atoms with Crippen molar-refractivity contribution in [2.45, 2.75) is 109 Å². The van der Waals surface area contributed by atoms with Crippen molar-refractivity contribution in [2.75, 3.05) is 0 Å². The molecule has 0 bridgehead atoms. The maximum absolute atomic E-state index is 2.25. The molecule has 0 saturated carbocycles. The van der Waals surface area contributed by atoms with Crippen molar-refractivity contribution >= 4 is 0 Å². The zero-order valence-electron chi connectivity index (χ0n) is 16.9. The zero-order valence-corrected chi connectivity index (χ0v) is 16.9. The summed E-state index contributed by atoms with van der Waals surface area (Å²) in [5.41, 5.74) is 0. The fourth-order valence-electron chi connectivity index (χ4n) is 0.577. The first kappa shape index (κ1) is 36.3. The number of hydrogen-bond acceptors (Lipinski definition) is 0. The van der Waals surface area contributed by atoms with Gasteiger partial charge in [0.25, 0.3) is 0 Å². The molecule has 0 aromatic rings. The molecule has 124 valence electrons. The predicted octanol–water partition coefficient (Wildman–Crippen LogP) is 8.52. The van der Waals surface area contributed by atoms with Crippen molar-refractivity contribution < 1.29 is 0 Å². The quantitative estimate of drug-likeness (QED) is 0.443. The van der Waals surface area contributed by atoms with Gasteiger partial charge >= 0.3 is 0 Å². The molecule has 0 spiro atoms. The minimum absolute atomic E-state index is 0.898. The van der Waals surface area contributed by atoms with Crippen LogP contribution in [0.1, 0.15) is 109 Å². The van der Waals surface area contributed by atoms with Crippen LogP contribution in [0.5, 0.6) is 0 Å². The highest BCUT2D eigenvalue weighted by atomic mass is 13.9. The molecule has 0 fully saturated rings. The van der Waals surface area contributed by atoms with Gasteiger partial charge in [-0.15, -0.1) is 0 Å². The van der Waals surface area contributed by atoms with Crippen molar-refractivity contribution in [3.63, 3.8) is 0 Å². The van der Waals surface area contributed by atoms with E-state index in [1.165, 1.54) is 19.3 Å². The molecule has 0 heterocycles. The van der Waals surface area contributed by atoms with E-state index in [0.29, 0.717) is 0 Å². The average Bonchev–Trinajstić information content (AvgIpc) is 2.46. The maximum atomic E-state index is 2.25. The van der Waals surface area contributed by atoms with E-state index < -0.39 is 0 Å². The van der Waals surface area contributed by atoms with E-state index in [-0.39, 0.29) is 0 Å². The molecular weight excluding hydrogens is 228 g/mol. The topological polar surface area (TPSA) is 0 Å². The normalized spacial score (nSPS) is 7.05. The molecule has 0 atom stereocenters. The average molecular weight is 277 g/mol. The summed E-state index contributed by atoms with van der Waals surface area (Å²) in [7, 11) is 0. The van der Waals surface area contributed by atoms with E-state index in [1.807, 2.05) is 67.5 Å². The Morgan fingerprint density at radius 3 is 0.895 bits per heavy atom. The Morgan fingerprint density at radius 2 is 0.895 bits per heavy atom. The number of hydrogen-bond donors (Lipinski definition) is 0. The fraction of sp³-hybridized carbons (Fsp3) is 0.895. The third-order valence-electron chi connectivity index (χ3n) is 1.20. The van der Waals surface area contributed by atoms with Crippen LogP contribution in [0.15, 0.2) is 12.2 Å². The second-order valence-electron chi connectivity index (χ2n) is 3.56. The lowest BCUT2D eigenvalue weighted by molar-refractivity contribution is 0.576. The SMILES string of the molecule is C/C=C\C.CC.CC.CC.CCC.CCCC(C)C. The highest BCUT2D eigenvalue weighted by molar-refractivity contribution is 4.68. The molecule has 19 heavy (non-hydrogen) atoms. The Bertz CT molecular complexity index is 66.1. The predicted molar refractivity (Wildman–Crippen MR) is 100 cm³/mol. The fourth-order valence-corrected chi connectivity index (χ4v) is 0.577. The standard InChI is InChI=1S/C6H14.C4H8.C3H8.3C2H6/c1-4-5-6(2)3;1-3-4-2;1-3-2;3*1-2/h6H,4-5H2,1-3H3;3-4H,1-2H3;3H2,1-2H3;3*1-2H3/b;4-3-;;;;. The molecule has 0 N–H and O–H groups in total. The number of rotatable bonds is 2. The van der Waals surface area contributed by atoms with Crippen molar-refractivity contribution in [1.82, 2.24) is 0 Å². The van der Waals surface area contributed by atoms with Gasteiger partial charge in [0.15, 0.2) is 0 Å². The summed E-state index contributed by atoms with van der Waals surface area (Å²) in [6, 6.07) is 0. The first-order chi connectivity index (χ1) is 9.10. The molecular formula is C19H48. The summed E-state index contributed by atoms with van der Waals surface area (Å²) in [5.74, 6) is 0.898. The van der Waals surface area contributed by atoms with E-state index in [1.54, 1.807) is 0 Å². The maximum Gasteiger partial charge on any atom is -0.0470 e. The molecule has 0 saturated heterocycles. The highest BCUT2D eigenvalue weighted by Crippen LogP contribution is 2.00. The van der Waals surface area contributed by atoms with Gasteiger partial charge in [0.1, 0.15) is 0 Å². The largest absolute Gasteiger partial charge is 0.0919 e. The van der Waals surface area contributed by atoms with Gasteiger partial charge in [0.05, 0.1) is 0 Å². The van der Waals surface area contributed by atoms with Gasteiger partial charge < -0.3 is 0 Å². The van der Waals surface area contributed by atoms with E-state index in [0.717, 1.165) is 5.92 Å². The van der Waals surface area contributed by atoms with E-state index in [4.69, 9.17) is 0 Å². The Labute approximate surface area is 128 Å². The highest BCUT2D eigenvalue weighted by Gasteiger charge is 1.85. The van der Waals surface area contributed by atoms with Gasteiger partial charge in [0.2, 0.25) is 0 Å². The Balaban J connectivity index is -0.0000000288. The molecule has 0 nitrogen and oxygen atoms in total. The second kappa shape index (κ2) is 83.0. The smallest absolute Gasteiger partial charge is 0.0470 e. The lowest BCUT2D eigenvalue weighted by Gasteiger charge is -1.95. The first-order valence-corrected chi connectivity index (χ1v) is 8.67. The molecule has 0 aliphatic carbocycles. The monoisotopic (exact) mass is 276 g/mol. The van der Waals surface area contributed by atoms with Crippen LogP contribution in [-0.4, -0.2) is 0 Å². The van der Waals surface area contributed by atoms with E-state index in [2.05, 4.69) is 34.6 Å². The van der Waals surface area contributed by atoms with Crippen molar-refractivity contribution in [3.8, 4) is 0 Å². The van der Waals surface area contributed by atoms with Crippen molar-refractivity contribution in [3.05, 3.63) is 12.2 Å². The molecule has 0 rings (SSSR count). The van der Waals surface area contributed by atoms with Crippen molar-refractivity contribution in [2.24, 2.45) is 5.92 Å². The Kier molecular flexibility index (Phi) is 159. The van der Waals surface area contributed by atoms with E-state index >= 15 is 0 Å². The minimum atomic E-state index is 0.898. The van der Waals surface area contributed by atoms with Crippen molar-refractivity contribution in [1.29, 1.82) is 0 Å². The van der Waals surface area contributed by atoms with Crippen LogP contribution in [0.3, 0.4) is 0 Å². The van der Waals surface area contributed by atoms with Gasteiger partial charge in [-0.25, -0.2) is 0 Å². The van der Waals surface area contributed by atoms with E-state index in [9.17, 15) is 0 Å². The van der Waals surface area contributed by atoms with Crippen LogP contribution >= 0.6 is 0 Å². The molecule has 0 aliphatic heterocycles. The van der Waals surface area contributed by atoms with Crippen LogP contribution in [-0.2, 0) is 0 Å². The third-order valence-corrected chi connectivity index (χ3v) is 1.20. The summed E-state index contributed by atoms with van der Waals surface area (Å²) in [6.45, 7) is 27.0. The van der Waals surface area contributed by atoms with Crippen LogP contribution in [0.4, 0.5) is 0 Å². The van der Waals surface area contributed by atoms with Gasteiger partial charge in [-0.2, -0.15) is 0 Å². The summed E-state index contributed by atoms with van der Waals surface area (Å²) in [4.78, 5) is 0. The summed E-state index contributed by atoms with van der Waals surface area (Å²) >= 11 is 0. The Morgan fingerprint density at radius 1 is 0.684 bits per heavy atom. The molecule has 0 heteroatoms. The van der Waals surface area contributed by atoms with Crippen LogP contribution in [0, 0.1) is 5.92 Å². The molecule has 0 aromatic heterocycles. The van der Waals surface area contributed by atoms with Gasteiger partial charge in [-0.1, -0.05) is 108 Å². The molecule has 0 unspecified atom stereocenters. The summed E-state index contributed by atoms with van der Waals surface area (Å²) in [6.07, 6.45) is 7.96. The van der Waals surface area contributed by atoms with Gasteiger partial charge in [-0.3, -0.25) is 0 Å². The lowest BCUT2D eigenvalue weighted by atomic mass is 10.1. The first-order valence-electron chi connectivity index (χ1n) is 8.67. The lowest BCUT2D eigenvalue weighted by Crippen LogP contribution is -1.81. The molecule has 0 aliphatic rings. The second-order valence-corrected chi connectivity index (χ2v) is 3.56. The number of allylic oxidation sites excluding steroid dienone is 2. The van der Waals surface area contributed by atoms with Crippen LogP contribution in [0.2, 0.25) is 0 Å². The molecule has 0 aromatic carbocycles. The molecule has 0 amide bonds. The Hall–Kier alpha value is -0.260. The summed E-state index contributed by atoms with van der Waals surface area (Å²) < 4.78 is 0. The minimum Gasteiger partial charge on any atom is -0.0919 e. The van der Waals surface area contributed by atoms with Gasteiger partial charge in [-0.05, 0) is 19.8 Å². The molecule has 0 radical (unpaired) electrons. The van der Waals surface area contributed by atoms with Crippen LogP contribution in [0.25, 0.3) is 0 Å². The third kappa shape index (κ3) is 314. The summed E-state index contributed by atoms with van der Waals surface area (Å²) in [5, 5.41) is 0. The zero-order chi connectivity index (χ0) is 17.1.